The average molecular weight is 373 g/mol. The number of rotatable bonds is 3. The van der Waals surface area contributed by atoms with E-state index in [1.54, 1.807) is 0 Å². The fourth-order valence-electron chi connectivity index (χ4n) is 4.05. The Bertz CT molecular complexity index is 793. The van der Waals surface area contributed by atoms with E-state index in [-0.39, 0.29) is 11.9 Å². The maximum Gasteiger partial charge on any atom is 0.274 e. The lowest BCUT2D eigenvalue weighted by atomic mass is 10.1. The fraction of sp³-hybridized carbons (Fsp3) is 0.500. The van der Waals surface area contributed by atoms with Gasteiger partial charge in [-0.25, -0.2) is 4.68 Å². The molecule has 1 atom stereocenters. The van der Waals surface area contributed by atoms with Crippen LogP contribution in [0, 0.1) is 0 Å². The SMILES string of the molecule is CN(C(=O)c1nn(-c2ccc(Cl)cc2)c2c1CCCCC2)C1CCNC1. The second-order valence-electron chi connectivity index (χ2n) is 7.29. The van der Waals surface area contributed by atoms with E-state index in [1.807, 2.05) is 40.9 Å². The Balaban J connectivity index is 1.74. The van der Waals surface area contributed by atoms with Gasteiger partial charge in [0, 0.05) is 35.9 Å². The van der Waals surface area contributed by atoms with Crippen molar-refractivity contribution >= 4 is 17.5 Å². The lowest BCUT2D eigenvalue weighted by Crippen LogP contribution is -2.39. The van der Waals surface area contributed by atoms with E-state index in [0.29, 0.717) is 10.7 Å². The first-order chi connectivity index (χ1) is 12.6. The molecule has 1 aliphatic carbocycles. The number of nitrogens with zero attached hydrogens (tertiary/aromatic N) is 3. The maximum atomic E-state index is 13.2. The number of fused-ring (bicyclic) bond motifs is 1. The number of aromatic nitrogens is 2. The van der Waals surface area contributed by atoms with Gasteiger partial charge in [-0.3, -0.25) is 4.79 Å². The summed E-state index contributed by atoms with van der Waals surface area (Å²) < 4.78 is 1.96. The van der Waals surface area contributed by atoms with E-state index in [9.17, 15) is 4.79 Å². The third-order valence-electron chi connectivity index (χ3n) is 5.61. The normalized spacial score (nSPS) is 19.8. The van der Waals surface area contributed by atoms with E-state index in [2.05, 4.69) is 5.32 Å². The number of hydrogen-bond donors (Lipinski definition) is 1. The lowest BCUT2D eigenvalue weighted by Gasteiger charge is -2.23. The van der Waals surface area contributed by atoms with Crippen LogP contribution in [0.3, 0.4) is 0 Å². The van der Waals surface area contributed by atoms with Crippen molar-refractivity contribution < 1.29 is 4.79 Å². The van der Waals surface area contributed by atoms with Gasteiger partial charge in [0.25, 0.3) is 5.91 Å². The molecule has 0 radical (unpaired) electrons. The number of likely N-dealkylation sites (N-methyl/N-ethyl adjacent to an activating group) is 1. The summed E-state index contributed by atoms with van der Waals surface area (Å²) >= 11 is 6.04. The van der Waals surface area contributed by atoms with Crippen molar-refractivity contribution in [3.63, 3.8) is 0 Å². The zero-order chi connectivity index (χ0) is 18.1. The minimum Gasteiger partial charge on any atom is -0.336 e. The van der Waals surface area contributed by atoms with Crippen LogP contribution in [0.2, 0.25) is 5.02 Å². The minimum absolute atomic E-state index is 0.0459. The molecule has 1 fully saturated rings. The molecule has 0 bridgehead atoms. The smallest absolute Gasteiger partial charge is 0.274 e. The molecule has 1 saturated heterocycles. The van der Waals surface area contributed by atoms with Crippen molar-refractivity contribution in [2.75, 3.05) is 20.1 Å². The highest BCUT2D eigenvalue weighted by Gasteiger charge is 2.30. The summed E-state index contributed by atoms with van der Waals surface area (Å²) in [6, 6.07) is 7.95. The molecule has 6 heteroatoms. The van der Waals surface area contributed by atoms with Crippen molar-refractivity contribution in [3.05, 3.63) is 46.2 Å². The van der Waals surface area contributed by atoms with Gasteiger partial charge >= 0.3 is 0 Å². The van der Waals surface area contributed by atoms with Gasteiger partial charge in [-0.15, -0.1) is 0 Å². The van der Waals surface area contributed by atoms with Gasteiger partial charge in [0.05, 0.1) is 5.69 Å². The van der Waals surface area contributed by atoms with E-state index in [0.717, 1.165) is 56.4 Å². The summed E-state index contributed by atoms with van der Waals surface area (Å²) in [6.07, 6.45) is 6.36. The Kier molecular flexibility index (Phi) is 5.00. The summed E-state index contributed by atoms with van der Waals surface area (Å²) in [6.45, 7) is 1.84. The number of benzene rings is 1. The van der Waals surface area contributed by atoms with E-state index in [4.69, 9.17) is 16.7 Å². The summed E-state index contributed by atoms with van der Waals surface area (Å²) in [7, 11) is 1.91. The van der Waals surface area contributed by atoms with Crippen LogP contribution in [0.25, 0.3) is 5.69 Å². The van der Waals surface area contributed by atoms with Crippen LogP contribution in [0.15, 0.2) is 24.3 Å². The number of carbonyl (C=O) groups is 1. The summed E-state index contributed by atoms with van der Waals surface area (Å²) in [5.41, 5.74) is 3.93. The first-order valence-electron chi connectivity index (χ1n) is 9.50. The average Bonchev–Trinajstić information content (AvgIpc) is 3.24. The number of nitrogens with one attached hydrogen (secondary N) is 1. The van der Waals surface area contributed by atoms with Gasteiger partial charge < -0.3 is 10.2 Å². The van der Waals surface area contributed by atoms with Gasteiger partial charge in [-0.2, -0.15) is 5.10 Å². The molecule has 1 N–H and O–H groups in total. The molecule has 26 heavy (non-hydrogen) atoms. The molecule has 1 aromatic carbocycles. The summed E-state index contributed by atoms with van der Waals surface area (Å²) in [4.78, 5) is 15.1. The van der Waals surface area contributed by atoms with Crippen molar-refractivity contribution in [1.82, 2.24) is 20.0 Å². The van der Waals surface area contributed by atoms with E-state index < -0.39 is 0 Å². The molecule has 138 valence electrons. The molecule has 1 aromatic heterocycles. The van der Waals surface area contributed by atoms with Gasteiger partial charge in [0.1, 0.15) is 0 Å². The number of hydrogen-bond acceptors (Lipinski definition) is 3. The molecule has 2 heterocycles. The monoisotopic (exact) mass is 372 g/mol. The predicted octanol–water partition coefficient (Wildman–Crippen LogP) is 3.23. The van der Waals surface area contributed by atoms with E-state index in [1.165, 1.54) is 12.1 Å². The molecule has 1 aliphatic heterocycles. The Morgan fingerprint density at radius 3 is 2.73 bits per heavy atom. The highest BCUT2D eigenvalue weighted by molar-refractivity contribution is 6.30. The zero-order valence-corrected chi connectivity index (χ0v) is 15.9. The van der Waals surface area contributed by atoms with Gasteiger partial charge in [0.2, 0.25) is 0 Å². The molecule has 0 spiro atoms. The second-order valence-corrected chi connectivity index (χ2v) is 7.72. The topological polar surface area (TPSA) is 50.2 Å². The third-order valence-corrected chi connectivity index (χ3v) is 5.86. The Morgan fingerprint density at radius 1 is 1.23 bits per heavy atom. The van der Waals surface area contributed by atoms with Crippen LogP contribution in [0.4, 0.5) is 0 Å². The largest absolute Gasteiger partial charge is 0.336 e. The van der Waals surface area contributed by atoms with Crippen LogP contribution in [-0.4, -0.2) is 46.8 Å². The number of carbonyl (C=O) groups excluding carboxylic acids is 1. The molecule has 2 aliphatic rings. The first kappa shape index (κ1) is 17.6. The molecule has 1 unspecified atom stereocenters. The van der Waals surface area contributed by atoms with Crippen LogP contribution in [-0.2, 0) is 12.8 Å². The predicted molar refractivity (Wildman–Crippen MR) is 103 cm³/mol. The lowest BCUT2D eigenvalue weighted by molar-refractivity contribution is 0.0736. The van der Waals surface area contributed by atoms with Gasteiger partial charge in [-0.05, 0) is 62.9 Å². The molecule has 5 nitrogen and oxygen atoms in total. The van der Waals surface area contributed by atoms with E-state index >= 15 is 0 Å². The zero-order valence-electron chi connectivity index (χ0n) is 15.2. The quantitative estimate of drug-likeness (QED) is 0.841. The minimum atomic E-state index is 0.0459. The number of halogens is 1. The fourth-order valence-corrected chi connectivity index (χ4v) is 4.17. The molecule has 2 aromatic rings. The van der Waals surface area contributed by atoms with Crippen molar-refractivity contribution in [3.8, 4) is 5.69 Å². The van der Waals surface area contributed by atoms with Crippen molar-refractivity contribution in [1.29, 1.82) is 0 Å². The number of amides is 1. The maximum absolute atomic E-state index is 13.2. The van der Waals surface area contributed by atoms with Gasteiger partial charge in [0.15, 0.2) is 5.69 Å². The molecule has 4 rings (SSSR count). The third kappa shape index (κ3) is 3.26. The van der Waals surface area contributed by atoms with Crippen LogP contribution >= 0.6 is 11.6 Å². The molecular weight excluding hydrogens is 348 g/mol. The first-order valence-corrected chi connectivity index (χ1v) is 9.87. The standard InChI is InChI=1S/C20H25ClN4O/c1-24(16-11-12-22-13-16)20(26)19-17-5-3-2-4-6-18(17)25(23-19)15-9-7-14(21)8-10-15/h7-10,16,22H,2-6,11-13H2,1H3. The van der Waals surface area contributed by atoms with Crippen LogP contribution in [0.5, 0.6) is 0 Å². The molecular formula is C20H25ClN4O. The summed E-state index contributed by atoms with van der Waals surface area (Å²) in [5.74, 6) is 0.0459. The Hall–Kier alpha value is -1.85. The van der Waals surface area contributed by atoms with Crippen molar-refractivity contribution in [2.45, 2.75) is 44.6 Å². The highest BCUT2D eigenvalue weighted by Crippen LogP contribution is 2.28. The molecule has 1 amide bonds. The van der Waals surface area contributed by atoms with Crippen LogP contribution < -0.4 is 5.32 Å². The Morgan fingerprint density at radius 2 is 2.00 bits per heavy atom. The Labute approximate surface area is 159 Å². The molecule has 0 saturated carbocycles. The second kappa shape index (κ2) is 7.41. The van der Waals surface area contributed by atoms with Gasteiger partial charge in [-0.1, -0.05) is 18.0 Å². The highest BCUT2D eigenvalue weighted by atomic mass is 35.5. The van der Waals surface area contributed by atoms with Crippen LogP contribution in [0.1, 0.15) is 47.4 Å². The summed E-state index contributed by atoms with van der Waals surface area (Å²) in [5, 5.41) is 8.83. The van der Waals surface area contributed by atoms with Crippen molar-refractivity contribution in [2.24, 2.45) is 0 Å².